The number of ether oxygens (including phenoxy) is 1. The van der Waals surface area contributed by atoms with Crippen molar-refractivity contribution in [2.45, 2.75) is 37.8 Å². The Balaban J connectivity index is 1.81. The van der Waals surface area contributed by atoms with Crippen LogP contribution in [0, 0.1) is 0 Å². The molecule has 1 aromatic carbocycles. The average Bonchev–Trinajstić information content (AvgIpc) is 3.34. The highest BCUT2D eigenvalue weighted by Gasteiger charge is 2.51. The van der Waals surface area contributed by atoms with Crippen LogP contribution in [-0.2, 0) is 22.4 Å². The number of hydrogen-bond acceptors (Lipinski definition) is 5. The Morgan fingerprint density at radius 1 is 1.30 bits per heavy atom. The van der Waals surface area contributed by atoms with E-state index in [2.05, 4.69) is 18.9 Å². The Labute approximate surface area is 185 Å². The number of carboxylic acids is 1. The highest BCUT2D eigenvalue weighted by molar-refractivity contribution is 7.18. The molecule has 1 N–H and O–H groups in total. The molecule has 6 nitrogen and oxygen atoms in total. The summed E-state index contributed by atoms with van der Waals surface area (Å²) in [5, 5.41) is 10.1. The van der Waals surface area contributed by atoms with Crippen LogP contribution >= 0.6 is 22.9 Å². The van der Waals surface area contributed by atoms with Gasteiger partial charge in [0.1, 0.15) is 0 Å². The summed E-state index contributed by atoms with van der Waals surface area (Å²) >= 11 is 7.21. The normalized spacial score (nSPS) is 24.3. The molecule has 2 aliphatic heterocycles. The summed E-state index contributed by atoms with van der Waals surface area (Å²) in [4.78, 5) is 30.1. The van der Waals surface area contributed by atoms with Gasteiger partial charge in [0.05, 0.1) is 15.8 Å². The van der Waals surface area contributed by atoms with Gasteiger partial charge >= 0.3 is 5.97 Å². The molecule has 4 rings (SSSR count). The predicted octanol–water partition coefficient (Wildman–Crippen LogP) is 3.71. The topological polar surface area (TPSA) is 70.1 Å². The molecular formula is C22H25ClN2O4S. The fourth-order valence-corrected chi connectivity index (χ4v) is 5.24. The first-order valence-corrected chi connectivity index (χ1v) is 11.2. The molecule has 160 valence electrons. The van der Waals surface area contributed by atoms with Gasteiger partial charge in [-0.05, 0) is 62.2 Å². The van der Waals surface area contributed by atoms with Crippen LogP contribution in [0.4, 0.5) is 5.69 Å². The number of aliphatic carboxylic acids is 1. The molecule has 0 saturated carbocycles. The molecule has 2 atom stereocenters. The molecule has 1 fully saturated rings. The molecule has 0 spiro atoms. The third-order valence-electron chi connectivity index (χ3n) is 6.26. The lowest BCUT2D eigenvalue weighted by molar-refractivity contribution is -0.143. The number of benzene rings is 1. The molecule has 1 aromatic heterocycles. The van der Waals surface area contributed by atoms with E-state index in [0.29, 0.717) is 27.5 Å². The van der Waals surface area contributed by atoms with E-state index in [1.807, 2.05) is 18.2 Å². The van der Waals surface area contributed by atoms with E-state index in [9.17, 15) is 14.7 Å². The molecule has 2 aliphatic rings. The molecule has 3 heterocycles. The Bertz CT molecular complexity index is 970. The SMILES string of the molecule is C[C@@H]1Cc2ccc(N(C(=O)c3ccc(Cl)s3)[C@@]3(C(=O)O)CCOC3)cc2CCN1C. The number of nitrogens with zero attached hydrogens (tertiary/aromatic N) is 2. The van der Waals surface area contributed by atoms with Crippen LogP contribution in [0.15, 0.2) is 30.3 Å². The van der Waals surface area contributed by atoms with Gasteiger partial charge in [0.2, 0.25) is 0 Å². The zero-order chi connectivity index (χ0) is 21.5. The van der Waals surface area contributed by atoms with Crippen molar-refractivity contribution in [3.63, 3.8) is 0 Å². The number of amides is 1. The van der Waals surface area contributed by atoms with Crippen molar-refractivity contribution in [3.05, 3.63) is 50.7 Å². The van der Waals surface area contributed by atoms with Gasteiger partial charge in [0.15, 0.2) is 5.54 Å². The summed E-state index contributed by atoms with van der Waals surface area (Å²) in [5.41, 5.74) is 1.56. The van der Waals surface area contributed by atoms with Gasteiger partial charge in [0, 0.05) is 31.3 Å². The smallest absolute Gasteiger partial charge is 0.332 e. The third-order valence-corrected chi connectivity index (χ3v) is 7.48. The quantitative estimate of drug-likeness (QED) is 0.772. The zero-order valence-corrected chi connectivity index (χ0v) is 18.6. The fraction of sp³-hybridized carbons (Fsp3) is 0.455. The number of likely N-dealkylation sites (N-methyl/N-ethyl adjacent to an activating group) is 1. The maximum atomic E-state index is 13.5. The summed E-state index contributed by atoms with van der Waals surface area (Å²) < 4.78 is 5.96. The summed E-state index contributed by atoms with van der Waals surface area (Å²) in [6, 6.07) is 9.62. The van der Waals surface area contributed by atoms with Gasteiger partial charge in [-0.2, -0.15) is 0 Å². The van der Waals surface area contributed by atoms with E-state index in [4.69, 9.17) is 16.3 Å². The number of thiophene rings is 1. The van der Waals surface area contributed by atoms with Crippen LogP contribution in [0.3, 0.4) is 0 Å². The Hall–Kier alpha value is -1.93. The second-order valence-electron chi connectivity index (χ2n) is 8.12. The zero-order valence-electron chi connectivity index (χ0n) is 17.1. The van der Waals surface area contributed by atoms with E-state index in [1.54, 1.807) is 12.1 Å². The molecule has 30 heavy (non-hydrogen) atoms. The average molecular weight is 449 g/mol. The Morgan fingerprint density at radius 3 is 2.73 bits per heavy atom. The van der Waals surface area contributed by atoms with Crippen molar-refractivity contribution in [3.8, 4) is 0 Å². The highest BCUT2D eigenvalue weighted by Crippen LogP contribution is 2.36. The third kappa shape index (κ3) is 3.75. The van der Waals surface area contributed by atoms with E-state index in [-0.39, 0.29) is 18.9 Å². The minimum Gasteiger partial charge on any atom is -0.479 e. The number of carbonyl (C=O) groups excluding carboxylic acids is 1. The number of fused-ring (bicyclic) bond motifs is 1. The number of halogens is 1. The van der Waals surface area contributed by atoms with E-state index in [0.717, 1.165) is 36.3 Å². The molecule has 2 aromatic rings. The summed E-state index contributed by atoms with van der Waals surface area (Å²) in [5.74, 6) is -1.42. The lowest BCUT2D eigenvalue weighted by Crippen LogP contribution is -2.58. The van der Waals surface area contributed by atoms with Crippen LogP contribution < -0.4 is 4.90 Å². The van der Waals surface area contributed by atoms with E-state index < -0.39 is 11.5 Å². The van der Waals surface area contributed by atoms with Crippen molar-refractivity contribution >= 4 is 40.5 Å². The monoisotopic (exact) mass is 448 g/mol. The van der Waals surface area contributed by atoms with Gasteiger partial charge in [0.25, 0.3) is 5.91 Å². The van der Waals surface area contributed by atoms with Crippen molar-refractivity contribution in [2.75, 3.05) is 31.7 Å². The lowest BCUT2D eigenvalue weighted by atomic mass is 9.93. The highest BCUT2D eigenvalue weighted by atomic mass is 35.5. The van der Waals surface area contributed by atoms with Crippen LogP contribution in [0.2, 0.25) is 4.34 Å². The number of carboxylic acid groups (broad SMARTS) is 1. The van der Waals surface area contributed by atoms with E-state index >= 15 is 0 Å². The largest absolute Gasteiger partial charge is 0.479 e. The number of hydrogen-bond donors (Lipinski definition) is 1. The van der Waals surface area contributed by atoms with Crippen molar-refractivity contribution in [1.82, 2.24) is 4.90 Å². The molecular weight excluding hydrogens is 424 g/mol. The molecule has 1 saturated heterocycles. The Morgan fingerprint density at radius 2 is 2.10 bits per heavy atom. The van der Waals surface area contributed by atoms with Gasteiger partial charge in [-0.3, -0.25) is 9.69 Å². The van der Waals surface area contributed by atoms with Crippen molar-refractivity contribution in [2.24, 2.45) is 0 Å². The first-order valence-electron chi connectivity index (χ1n) is 10.0. The Kier molecular flexibility index (Phi) is 5.90. The maximum Gasteiger partial charge on any atom is 0.332 e. The lowest BCUT2D eigenvalue weighted by Gasteiger charge is -2.37. The number of rotatable bonds is 4. The van der Waals surface area contributed by atoms with Crippen LogP contribution in [0.1, 0.15) is 34.1 Å². The molecule has 0 unspecified atom stereocenters. The molecule has 8 heteroatoms. The minimum atomic E-state index is -1.43. The van der Waals surface area contributed by atoms with Gasteiger partial charge < -0.3 is 14.7 Å². The molecule has 0 bridgehead atoms. The van der Waals surface area contributed by atoms with E-state index in [1.165, 1.54) is 10.5 Å². The standard InChI is InChI=1S/C22H25ClN2O4S/c1-14-11-15-3-4-17(12-16(15)7-9-24(14)2)25(20(26)18-5-6-19(23)30-18)22(21(27)28)8-10-29-13-22/h3-6,12,14H,7-11,13H2,1-2H3,(H,27,28)/t14-,22+/m1/s1. The molecule has 0 radical (unpaired) electrons. The predicted molar refractivity (Wildman–Crippen MR) is 118 cm³/mol. The number of carbonyl (C=O) groups is 2. The summed E-state index contributed by atoms with van der Waals surface area (Å²) in [6.45, 7) is 3.38. The molecule has 1 amide bonds. The second-order valence-corrected chi connectivity index (χ2v) is 9.84. The number of anilines is 1. The van der Waals surface area contributed by atoms with Crippen LogP contribution in [0.5, 0.6) is 0 Å². The van der Waals surface area contributed by atoms with Gasteiger partial charge in [-0.1, -0.05) is 17.7 Å². The van der Waals surface area contributed by atoms with Crippen LogP contribution in [-0.4, -0.2) is 60.3 Å². The fourth-order valence-electron chi connectivity index (χ4n) is 4.27. The first-order chi connectivity index (χ1) is 14.3. The first kappa shape index (κ1) is 21.3. The maximum absolute atomic E-state index is 13.5. The molecule has 0 aliphatic carbocycles. The van der Waals surface area contributed by atoms with Crippen LogP contribution in [0.25, 0.3) is 0 Å². The summed E-state index contributed by atoms with van der Waals surface area (Å²) in [7, 11) is 2.11. The summed E-state index contributed by atoms with van der Waals surface area (Å²) in [6.07, 6.45) is 2.02. The van der Waals surface area contributed by atoms with Crippen molar-refractivity contribution < 1.29 is 19.4 Å². The van der Waals surface area contributed by atoms with Gasteiger partial charge in [-0.25, -0.2) is 4.79 Å². The van der Waals surface area contributed by atoms with Crippen molar-refractivity contribution in [1.29, 1.82) is 0 Å². The second kappa shape index (κ2) is 8.30. The minimum absolute atomic E-state index is 0.0377. The van der Waals surface area contributed by atoms with Gasteiger partial charge in [-0.15, -0.1) is 11.3 Å².